The van der Waals surface area contributed by atoms with Crippen LogP contribution in [-0.2, 0) is 0 Å². The molecule has 0 radical (unpaired) electrons. The van der Waals surface area contributed by atoms with E-state index in [1.54, 1.807) is 4.58 Å². The van der Waals surface area contributed by atoms with Crippen molar-refractivity contribution in [2.75, 3.05) is 14.1 Å². The standard InChI is InChI=1S/C4H8N.ClH/c1-4-5(2)3;/h1H2,2-3H3;1H/q+1;/p-1. The molecule has 2 heteroatoms. The average Bonchev–Trinajstić information content (AvgIpc) is 1.38. The van der Waals surface area contributed by atoms with Gasteiger partial charge in [0.2, 0.25) is 0 Å². The summed E-state index contributed by atoms with van der Waals surface area (Å²) in [5, 5.41) is 0. The summed E-state index contributed by atoms with van der Waals surface area (Å²) >= 11 is 0. The lowest BCUT2D eigenvalue weighted by atomic mass is 11.0. The van der Waals surface area contributed by atoms with Crippen molar-refractivity contribution in [3.63, 3.8) is 0 Å². The lowest BCUT2D eigenvalue weighted by molar-refractivity contribution is -0.456. The quantitative estimate of drug-likeness (QED) is 0.230. The second-order valence-corrected chi connectivity index (χ2v) is 1.05. The normalized spacial score (nSPS) is 5.00. The Balaban J connectivity index is 0. The highest BCUT2D eigenvalue weighted by molar-refractivity contribution is 5.39. The molecule has 0 saturated heterocycles. The lowest BCUT2D eigenvalue weighted by Crippen LogP contribution is -3.00. The van der Waals surface area contributed by atoms with E-state index in [1.807, 2.05) is 14.1 Å². The fourth-order valence-corrected chi connectivity index (χ4v) is 0. The zero-order valence-electron chi connectivity index (χ0n) is 4.03. The van der Waals surface area contributed by atoms with Crippen molar-refractivity contribution in [3.05, 3.63) is 6.58 Å². The Labute approximate surface area is 44.4 Å². The number of nitrogens with zero attached hydrogens (tertiary/aromatic N) is 1. The summed E-state index contributed by atoms with van der Waals surface area (Å²) in [6.45, 7) is 3.36. The predicted molar refractivity (Wildman–Crippen MR) is 22.7 cm³/mol. The highest BCUT2D eigenvalue weighted by atomic mass is 35.5. The van der Waals surface area contributed by atoms with Crippen molar-refractivity contribution >= 4 is 5.87 Å². The first-order chi connectivity index (χ1) is 2.27. The third-order valence-electron chi connectivity index (χ3n) is 0.316. The summed E-state index contributed by atoms with van der Waals surface area (Å²) in [5.74, 6) is 2.61. The van der Waals surface area contributed by atoms with Gasteiger partial charge in [0.05, 0.1) is 0 Å². The maximum atomic E-state index is 3.36. The van der Waals surface area contributed by atoms with Crippen LogP contribution in [-0.4, -0.2) is 24.5 Å². The first kappa shape index (κ1) is 9.22. The molecule has 0 heterocycles. The zero-order chi connectivity index (χ0) is 4.28. The Morgan fingerprint density at radius 2 is 1.67 bits per heavy atom. The van der Waals surface area contributed by atoms with Gasteiger partial charge in [-0.2, -0.15) is 4.58 Å². The zero-order valence-corrected chi connectivity index (χ0v) is 4.79. The fourth-order valence-electron chi connectivity index (χ4n) is 0. The van der Waals surface area contributed by atoms with Crippen LogP contribution in [0.25, 0.3) is 0 Å². The Hall–Kier alpha value is -0.260. The highest BCUT2D eigenvalue weighted by Gasteiger charge is 1.61. The van der Waals surface area contributed by atoms with Crippen LogP contribution in [0.5, 0.6) is 0 Å². The van der Waals surface area contributed by atoms with Crippen LogP contribution in [0.3, 0.4) is 0 Å². The van der Waals surface area contributed by atoms with Gasteiger partial charge in [-0.1, -0.05) is 0 Å². The van der Waals surface area contributed by atoms with Gasteiger partial charge in [-0.15, -0.1) is 0 Å². The third-order valence-corrected chi connectivity index (χ3v) is 0.316. The number of hydrogen-bond acceptors (Lipinski definition) is 0. The minimum atomic E-state index is 0. The molecule has 0 aliphatic rings. The Morgan fingerprint density at radius 1 is 1.50 bits per heavy atom. The van der Waals surface area contributed by atoms with Crippen LogP contribution >= 0.6 is 0 Å². The molecule has 0 aliphatic carbocycles. The van der Waals surface area contributed by atoms with Gasteiger partial charge in [0.1, 0.15) is 14.1 Å². The van der Waals surface area contributed by atoms with E-state index in [9.17, 15) is 0 Å². The molecule has 0 aromatic carbocycles. The molecular weight excluding hydrogens is 97.5 g/mol. The summed E-state index contributed by atoms with van der Waals surface area (Å²) in [6.07, 6.45) is 0. The second kappa shape index (κ2) is 4.74. The third kappa shape index (κ3) is 9.27. The summed E-state index contributed by atoms with van der Waals surface area (Å²) in [4.78, 5) is 0. The van der Waals surface area contributed by atoms with E-state index >= 15 is 0 Å². The molecule has 0 atom stereocenters. The van der Waals surface area contributed by atoms with Gasteiger partial charge in [-0.3, -0.25) is 0 Å². The maximum Gasteiger partial charge on any atom is 0.158 e. The van der Waals surface area contributed by atoms with Crippen molar-refractivity contribution in [1.82, 2.24) is 0 Å². The Kier molecular flexibility index (Phi) is 7.28. The van der Waals surface area contributed by atoms with E-state index in [0.29, 0.717) is 0 Å². The van der Waals surface area contributed by atoms with Gasteiger partial charge in [-0.05, 0) is 0 Å². The van der Waals surface area contributed by atoms with E-state index in [1.165, 1.54) is 0 Å². The highest BCUT2D eigenvalue weighted by Crippen LogP contribution is 1.36. The minimum absolute atomic E-state index is 0. The van der Waals surface area contributed by atoms with Crippen LogP contribution in [0, 0.1) is 0 Å². The first-order valence-electron chi connectivity index (χ1n) is 1.47. The first-order valence-corrected chi connectivity index (χ1v) is 1.47. The Bertz CT molecular complexity index is 67.6. The number of halogens is 1. The molecule has 0 N–H and O–H groups in total. The van der Waals surface area contributed by atoms with Gasteiger partial charge in [0.15, 0.2) is 5.87 Å². The van der Waals surface area contributed by atoms with Crippen LogP contribution in [0.1, 0.15) is 0 Å². The number of hydrogen-bond donors (Lipinski definition) is 0. The lowest BCUT2D eigenvalue weighted by Gasteiger charge is -1.65. The van der Waals surface area contributed by atoms with Crippen molar-refractivity contribution in [2.45, 2.75) is 0 Å². The molecule has 0 aliphatic heterocycles. The van der Waals surface area contributed by atoms with Gasteiger partial charge < -0.3 is 12.4 Å². The molecule has 0 aromatic heterocycles. The van der Waals surface area contributed by atoms with Gasteiger partial charge in [0, 0.05) is 6.58 Å². The van der Waals surface area contributed by atoms with E-state index in [0.717, 1.165) is 0 Å². The van der Waals surface area contributed by atoms with Gasteiger partial charge in [-0.25, -0.2) is 0 Å². The van der Waals surface area contributed by atoms with E-state index in [-0.39, 0.29) is 12.4 Å². The molecule has 0 rings (SSSR count). The SMILES string of the molecule is C=C=[N+](C)C.[Cl-]. The van der Waals surface area contributed by atoms with Crippen molar-refractivity contribution < 1.29 is 17.0 Å². The molecule has 0 unspecified atom stereocenters. The monoisotopic (exact) mass is 105 g/mol. The summed E-state index contributed by atoms with van der Waals surface area (Å²) in [6, 6.07) is 0. The Morgan fingerprint density at radius 3 is 1.67 bits per heavy atom. The second-order valence-electron chi connectivity index (χ2n) is 1.05. The predicted octanol–water partition coefficient (Wildman–Crippen LogP) is -2.88. The minimum Gasteiger partial charge on any atom is -1.00 e. The molecule has 0 aromatic rings. The molecule has 0 fully saturated rings. The molecular formula is C4H8ClN. The molecule has 6 heavy (non-hydrogen) atoms. The average molecular weight is 106 g/mol. The van der Waals surface area contributed by atoms with Gasteiger partial charge >= 0.3 is 0 Å². The molecule has 0 amide bonds. The fraction of sp³-hybridized carbons (Fsp3) is 0.500. The van der Waals surface area contributed by atoms with Crippen LogP contribution in [0.2, 0.25) is 0 Å². The summed E-state index contributed by atoms with van der Waals surface area (Å²) in [7, 11) is 3.76. The summed E-state index contributed by atoms with van der Waals surface area (Å²) < 4.78 is 1.76. The van der Waals surface area contributed by atoms with Crippen molar-refractivity contribution in [1.29, 1.82) is 0 Å². The van der Waals surface area contributed by atoms with Crippen LogP contribution in [0.4, 0.5) is 0 Å². The van der Waals surface area contributed by atoms with Gasteiger partial charge in [0.25, 0.3) is 0 Å². The molecule has 0 spiro atoms. The smallest absolute Gasteiger partial charge is 0.158 e. The molecule has 36 valence electrons. The topological polar surface area (TPSA) is 3.01 Å². The summed E-state index contributed by atoms with van der Waals surface area (Å²) in [5.41, 5.74) is 0. The molecule has 1 nitrogen and oxygen atoms in total. The van der Waals surface area contributed by atoms with Crippen LogP contribution < -0.4 is 12.4 Å². The molecule has 0 saturated carbocycles. The van der Waals surface area contributed by atoms with Crippen LogP contribution in [0.15, 0.2) is 6.58 Å². The largest absolute Gasteiger partial charge is 1.00 e. The number of rotatable bonds is 0. The van der Waals surface area contributed by atoms with Crippen molar-refractivity contribution in [2.24, 2.45) is 0 Å². The van der Waals surface area contributed by atoms with E-state index < -0.39 is 0 Å². The van der Waals surface area contributed by atoms with E-state index in [2.05, 4.69) is 12.4 Å². The van der Waals surface area contributed by atoms with Crippen molar-refractivity contribution in [3.8, 4) is 0 Å². The molecule has 0 bridgehead atoms. The van der Waals surface area contributed by atoms with E-state index in [4.69, 9.17) is 0 Å². The maximum absolute atomic E-state index is 3.36.